The minimum absolute atomic E-state index is 0.000701. The molecule has 0 heterocycles. The van der Waals surface area contributed by atoms with E-state index in [1.165, 1.54) is 0 Å². The number of hydrogen-bond donors (Lipinski definition) is 3. The second-order valence-electron chi connectivity index (χ2n) is 3.36. The summed E-state index contributed by atoms with van der Waals surface area (Å²) in [4.78, 5) is 10.9. The molecule has 0 aliphatic heterocycles. The van der Waals surface area contributed by atoms with E-state index >= 15 is 0 Å². The van der Waals surface area contributed by atoms with Crippen LogP contribution < -0.4 is 15.8 Å². The summed E-state index contributed by atoms with van der Waals surface area (Å²) in [6.07, 6.45) is 0. The van der Waals surface area contributed by atoms with Gasteiger partial charge in [0.2, 0.25) is 5.91 Å². The van der Waals surface area contributed by atoms with Gasteiger partial charge >= 0.3 is 0 Å². The Hall–Kier alpha value is -1.59. The highest BCUT2D eigenvalue weighted by atomic mass is 16.5. The van der Waals surface area contributed by atoms with Crippen molar-refractivity contribution in [1.82, 2.24) is 5.32 Å². The van der Waals surface area contributed by atoms with Crippen LogP contribution in [0.1, 0.15) is 5.56 Å². The van der Waals surface area contributed by atoms with E-state index in [9.17, 15) is 4.79 Å². The molecule has 0 bridgehead atoms. The number of amides is 1. The largest absolute Gasteiger partial charge is 0.491 e. The highest BCUT2D eigenvalue weighted by molar-refractivity contribution is 5.79. The molecular weight excluding hydrogens is 208 g/mol. The first kappa shape index (κ1) is 12.5. The summed E-state index contributed by atoms with van der Waals surface area (Å²) >= 11 is 0. The van der Waals surface area contributed by atoms with E-state index in [-0.39, 0.29) is 13.2 Å². The molecule has 5 heteroatoms. The van der Waals surface area contributed by atoms with Crippen LogP contribution in [0, 0.1) is 0 Å². The summed E-state index contributed by atoms with van der Waals surface area (Å²) in [6, 6.07) is 6.48. The quantitative estimate of drug-likeness (QED) is 0.615. The van der Waals surface area contributed by atoms with Crippen LogP contribution in [-0.4, -0.2) is 30.7 Å². The Labute approximate surface area is 94.2 Å². The maximum Gasteiger partial charge on any atom is 0.238 e. The number of benzene rings is 1. The van der Waals surface area contributed by atoms with Gasteiger partial charge in [-0.25, -0.2) is 0 Å². The van der Waals surface area contributed by atoms with Gasteiger partial charge < -0.3 is 20.9 Å². The van der Waals surface area contributed by atoms with Crippen LogP contribution in [0.4, 0.5) is 0 Å². The first-order valence-corrected chi connectivity index (χ1v) is 4.96. The van der Waals surface area contributed by atoms with E-state index in [0.717, 1.165) is 5.56 Å². The molecule has 1 amide bonds. The van der Waals surface area contributed by atoms with Crippen molar-refractivity contribution in [2.45, 2.75) is 12.6 Å². The Morgan fingerprint density at radius 3 is 2.56 bits per heavy atom. The van der Waals surface area contributed by atoms with Gasteiger partial charge in [0, 0.05) is 0 Å². The minimum Gasteiger partial charge on any atom is -0.491 e. The zero-order valence-corrected chi connectivity index (χ0v) is 9.14. The van der Waals surface area contributed by atoms with E-state index in [4.69, 9.17) is 15.6 Å². The number of ether oxygens (including phenoxy) is 1. The Morgan fingerprint density at radius 1 is 1.50 bits per heavy atom. The summed E-state index contributed by atoms with van der Waals surface area (Å²) in [5.74, 6) is 0.188. The van der Waals surface area contributed by atoms with Gasteiger partial charge in [-0.2, -0.15) is 0 Å². The third-order valence-corrected chi connectivity index (χ3v) is 2.21. The first-order chi connectivity index (χ1) is 7.67. The molecule has 1 atom stereocenters. The fourth-order valence-electron chi connectivity index (χ4n) is 1.18. The molecule has 0 radical (unpaired) electrons. The molecule has 0 aromatic heterocycles. The summed E-state index contributed by atoms with van der Waals surface area (Å²) in [6.45, 7) is 0.186. The van der Waals surface area contributed by atoms with Crippen molar-refractivity contribution in [3.8, 4) is 5.75 Å². The van der Waals surface area contributed by atoms with E-state index in [2.05, 4.69) is 5.32 Å². The molecule has 1 aromatic rings. The van der Waals surface area contributed by atoms with Crippen molar-refractivity contribution in [1.29, 1.82) is 0 Å². The van der Waals surface area contributed by atoms with Gasteiger partial charge in [0.25, 0.3) is 0 Å². The highest BCUT2D eigenvalue weighted by Gasteiger charge is 2.12. The van der Waals surface area contributed by atoms with E-state index in [1.807, 2.05) is 0 Å². The van der Waals surface area contributed by atoms with E-state index in [0.29, 0.717) is 5.75 Å². The molecule has 4 N–H and O–H groups in total. The van der Waals surface area contributed by atoms with Crippen LogP contribution in [0.3, 0.4) is 0 Å². The van der Waals surface area contributed by atoms with Crippen molar-refractivity contribution < 1.29 is 14.6 Å². The Kier molecular flexibility index (Phi) is 4.75. The second kappa shape index (κ2) is 6.09. The lowest BCUT2D eigenvalue weighted by molar-refractivity contribution is -0.120. The third-order valence-electron chi connectivity index (χ3n) is 2.21. The minimum atomic E-state index is -0.502. The van der Waals surface area contributed by atoms with Crippen molar-refractivity contribution in [3.05, 3.63) is 29.8 Å². The van der Waals surface area contributed by atoms with Crippen LogP contribution in [0.2, 0.25) is 0 Å². The summed E-state index contributed by atoms with van der Waals surface area (Å²) in [5.41, 5.74) is 5.95. The van der Waals surface area contributed by atoms with E-state index < -0.39 is 11.9 Å². The normalized spacial score (nSPS) is 12.1. The second-order valence-corrected chi connectivity index (χ2v) is 3.36. The Morgan fingerprint density at radius 2 is 2.12 bits per heavy atom. The monoisotopic (exact) mass is 224 g/mol. The zero-order valence-electron chi connectivity index (χ0n) is 9.14. The number of carbonyl (C=O) groups is 1. The fraction of sp³-hybridized carbons (Fsp3) is 0.364. The highest BCUT2D eigenvalue weighted by Crippen LogP contribution is 2.12. The van der Waals surface area contributed by atoms with Crippen LogP contribution in [0.5, 0.6) is 5.75 Å². The lowest BCUT2D eigenvalue weighted by atomic mass is 10.2. The number of primary amides is 1. The number of aliphatic hydroxyl groups excluding tert-OH is 1. The van der Waals surface area contributed by atoms with Gasteiger partial charge in [0.15, 0.2) is 0 Å². The standard InChI is InChI=1S/C11H16N2O3/c1-13-10(11(12)15)7-16-9-4-2-8(6-14)3-5-9/h2-5,10,13-14H,6-7H2,1H3,(H2,12,15). The smallest absolute Gasteiger partial charge is 0.238 e. The van der Waals surface area contributed by atoms with Crippen molar-refractivity contribution in [2.75, 3.05) is 13.7 Å². The van der Waals surface area contributed by atoms with E-state index in [1.54, 1.807) is 31.3 Å². The van der Waals surface area contributed by atoms with Crippen LogP contribution >= 0.6 is 0 Å². The van der Waals surface area contributed by atoms with Crippen LogP contribution in [0.25, 0.3) is 0 Å². The average molecular weight is 224 g/mol. The first-order valence-electron chi connectivity index (χ1n) is 4.96. The summed E-state index contributed by atoms with van der Waals surface area (Å²) < 4.78 is 5.37. The van der Waals surface area contributed by atoms with Crippen LogP contribution in [0.15, 0.2) is 24.3 Å². The SMILES string of the molecule is CNC(COc1ccc(CO)cc1)C(N)=O. The topological polar surface area (TPSA) is 84.6 Å². The van der Waals surface area contributed by atoms with Gasteiger partial charge in [-0.3, -0.25) is 4.79 Å². The average Bonchev–Trinajstić information content (AvgIpc) is 2.30. The van der Waals surface area contributed by atoms with Gasteiger partial charge in [-0.1, -0.05) is 12.1 Å². The molecule has 0 saturated carbocycles. The number of aliphatic hydroxyl groups is 1. The molecule has 88 valence electrons. The zero-order chi connectivity index (χ0) is 12.0. The van der Waals surface area contributed by atoms with Crippen LogP contribution in [-0.2, 0) is 11.4 Å². The molecule has 1 aromatic carbocycles. The van der Waals surface area contributed by atoms with Crippen molar-refractivity contribution in [2.24, 2.45) is 5.73 Å². The summed E-state index contributed by atoms with van der Waals surface area (Å²) in [7, 11) is 1.65. The predicted molar refractivity (Wildman–Crippen MR) is 59.9 cm³/mol. The van der Waals surface area contributed by atoms with Gasteiger partial charge in [0.1, 0.15) is 18.4 Å². The maximum atomic E-state index is 10.9. The molecule has 16 heavy (non-hydrogen) atoms. The Balaban J connectivity index is 2.50. The Bertz CT molecular complexity index is 338. The fourth-order valence-corrected chi connectivity index (χ4v) is 1.18. The molecule has 0 spiro atoms. The molecule has 1 rings (SSSR count). The lowest BCUT2D eigenvalue weighted by Crippen LogP contribution is -2.43. The molecule has 0 fully saturated rings. The van der Waals surface area contributed by atoms with Gasteiger partial charge in [0.05, 0.1) is 6.61 Å². The summed E-state index contributed by atoms with van der Waals surface area (Å²) in [5, 5.41) is 11.6. The van der Waals surface area contributed by atoms with Gasteiger partial charge in [-0.05, 0) is 24.7 Å². The van der Waals surface area contributed by atoms with Gasteiger partial charge in [-0.15, -0.1) is 0 Å². The van der Waals surface area contributed by atoms with Crippen molar-refractivity contribution in [3.63, 3.8) is 0 Å². The molecule has 0 saturated heterocycles. The number of carbonyl (C=O) groups excluding carboxylic acids is 1. The molecule has 1 unspecified atom stereocenters. The number of hydrogen-bond acceptors (Lipinski definition) is 4. The third kappa shape index (κ3) is 3.52. The number of nitrogens with two attached hydrogens (primary N) is 1. The number of nitrogens with one attached hydrogen (secondary N) is 1. The molecule has 0 aliphatic carbocycles. The number of likely N-dealkylation sites (N-methyl/N-ethyl adjacent to an activating group) is 1. The maximum absolute atomic E-state index is 10.9. The number of rotatable bonds is 6. The molecule has 0 aliphatic rings. The molecule has 5 nitrogen and oxygen atoms in total. The lowest BCUT2D eigenvalue weighted by Gasteiger charge is -2.13. The predicted octanol–water partition coefficient (Wildman–Crippen LogP) is -0.369. The van der Waals surface area contributed by atoms with Crippen molar-refractivity contribution >= 4 is 5.91 Å². The molecular formula is C11H16N2O3.